The van der Waals surface area contributed by atoms with Crippen molar-refractivity contribution >= 4 is 9.84 Å². The van der Waals surface area contributed by atoms with Gasteiger partial charge in [0.1, 0.15) is 0 Å². The quantitative estimate of drug-likeness (QED) is 0.792. The third kappa shape index (κ3) is 3.66. The standard InChI is InChI=1S/C12H24N2O2S/c1-10-7-14(8-11(10)2)5-4-13-12-3-6-17(15,16)9-12/h10-13H,3-9H2,1-2H3. The summed E-state index contributed by atoms with van der Waals surface area (Å²) in [6, 6.07) is 0.192. The molecule has 0 aliphatic carbocycles. The van der Waals surface area contributed by atoms with Gasteiger partial charge in [-0.25, -0.2) is 8.42 Å². The summed E-state index contributed by atoms with van der Waals surface area (Å²) in [6.07, 6.45) is 0.787. The molecule has 3 atom stereocenters. The second-order valence-electron chi connectivity index (χ2n) is 5.77. The molecule has 0 spiro atoms. The van der Waals surface area contributed by atoms with Crippen LogP contribution in [0.1, 0.15) is 20.3 Å². The van der Waals surface area contributed by atoms with Crippen LogP contribution in [0.4, 0.5) is 0 Å². The molecule has 2 aliphatic rings. The highest BCUT2D eigenvalue weighted by Crippen LogP contribution is 2.21. The van der Waals surface area contributed by atoms with E-state index in [-0.39, 0.29) is 6.04 Å². The normalized spacial score (nSPS) is 37.6. The summed E-state index contributed by atoms with van der Waals surface area (Å²) >= 11 is 0. The van der Waals surface area contributed by atoms with Crippen molar-refractivity contribution in [2.75, 3.05) is 37.7 Å². The van der Waals surface area contributed by atoms with Gasteiger partial charge >= 0.3 is 0 Å². The van der Waals surface area contributed by atoms with Crippen molar-refractivity contribution in [1.82, 2.24) is 10.2 Å². The SMILES string of the molecule is CC1CN(CCNC2CCS(=O)(=O)C2)CC1C. The van der Waals surface area contributed by atoms with Crippen LogP contribution in [0.2, 0.25) is 0 Å². The molecule has 2 fully saturated rings. The minimum atomic E-state index is -2.74. The van der Waals surface area contributed by atoms with Crippen LogP contribution in [0.25, 0.3) is 0 Å². The molecule has 0 aromatic heterocycles. The van der Waals surface area contributed by atoms with E-state index in [1.54, 1.807) is 0 Å². The molecular weight excluding hydrogens is 236 g/mol. The summed E-state index contributed by atoms with van der Waals surface area (Å²) in [5.41, 5.74) is 0. The van der Waals surface area contributed by atoms with Crippen molar-refractivity contribution < 1.29 is 8.42 Å². The van der Waals surface area contributed by atoms with E-state index in [2.05, 4.69) is 24.1 Å². The first kappa shape index (κ1) is 13.3. The fourth-order valence-corrected chi connectivity index (χ4v) is 4.52. The lowest BCUT2D eigenvalue weighted by Gasteiger charge is -2.17. The molecule has 0 bridgehead atoms. The molecule has 0 radical (unpaired) electrons. The fourth-order valence-electron chi connectivity index (χ4n) is 2.81. The van der Waals surface area contributed by atoms with E-state index in [1.807, 2.05) is 0 Å². The molecule has 5 heteroatoms. The van der Waals surface area contributed by atoms with E-state index in [9.17, 15) is 8.42 Å². The first-order valence-corrected chi connectivity index (χ1v) is 8.44. The minimum absolute atomic E-state index is 0.192. The molecule has 3 unspecified atom stereocenters. The predicted octanol–water partition coefficient (Wildman–Crippen LogP) is 0.351. The average molecular weight is 260 g/mol. The maximum atomic E-state index is 11.3. The van der Waals surface area contributed by atoms with Gasteiger partial charge in [-0.1, -0.05) is 13.8 Å². The zero-order valence-electron chi connectivity index (χ0n) is 10.9. The van der Waals surface area contributed by atoms with Gasteiger partial charge in [-0.2, -0.15) is 0 Å². The number of nitrogens with one attached hydrogen (secondary N) is 1. The van der Waals surface area contributed by atoms with Crippen LogP contribution < -0.4 is 5.32 Å². The zero-order chi connectivity index (χ0) is 12.5. The summed E-state index contributed by atoms with van der Waals surface area (Å²) in [5.74, 6) is 2.28. The van der Waals surface area contributed by atoms with Crippen molar-refractivity contribution in [2.45, 2.75) is 26.3 Å². The summed E-state index contributed by atoms with van der Waals surface area (Å²) in [7, 11) is -2.74. The van der Waals surface area contributed by atoms with E-state index in [0.717, 1.165) is 31.3 Å². The zero-order valence-corrected chi connectivity index (χ0v) is 11.7. The van der Waals surface area contributed by atoms with Crippen LogP contribution in [0.15, 0.2) is 0 Å². The van der Waals surface area contributed by atoms with Crippen LogP contribution >= 0.6 is 0 Å². The molecule has 2 rings (SSSR count). The molecule has 2 aliphatic heterocycles. The summed E-state index contributed by atoms with van der Waals surface area (Å²) < 4.78 is 22.6. The summed E-state index contributed by atoms with van der Waals surface area (Å²) in [4.78, 5) is 2.48. The van der Waals surface area contributed by atoms with Gasteiger partial charge in [0.25, 0.3) is 0 Å². The molecule has 0 aromatic carbocycles. The van der Waals surface area contributed by atoms with Crippen LogP contribution in [-0.2, 0) is 9.84 Å². The van der Waals surface area contributed by atoms with Gasteiger partial charge in [-0.15, -0.1) is 0 Å². The van der Waals surface area contributed by atoms with E-state index in [1.165, 1.54) is 13.1 Å². The fraction of sp³-hybridized carbons (Fsp3) is 1.00. The van der Waals surface area contributed by atoms with Crippen LogP contribution in [0.3, 0.4) is 0 Å². The highest BCUT2D eigenvalue weighted by molar-refractivity contribution is 7.91. The van der Waals surface area contributed by atoms with Gasteiger partial charge in [0.05, 0.1) is 11.5 Å². The number of hydrogen-bond acceptors (Lipinski definition) is 4. The first-order valence-electron chi connectivity index (χ1n) is 6.62. The first-order chi connectivity index (χ1) is 7.96. The monoisotopic (exact) mass is 260 g/mol. The molecule has 0 aromatic rings. The average Bonchev–Trinajstić information content (AvgIpc) is 2.72. The van der Waals surface area contributed by atoms with Crippen molar-refractivity contribution in [1.29, 1.82) is 0 Å². The number of nitrogens with zero attached hydrogens (tertiary/aromatic N) is 1. The second-order valence-corrected chi connectivity index (χ2v) is 8.00. The van der Waals surface area contributed by atoms with Gasteiger partial charge in [0, 0.05) is 32.2 Å². The number of rotatable bonds is 4. The Bertz CT molecular complexity index is 346. The molecule has 4 nitrogen and oxygen atoms in total. The van der Waals surface area contributed by atoms with E-state index < -0.39 is 9.84 Å². The maximum Gasteiger partial charge on any atom is 0.151 e. The summed E-state index contributed by atoms with van der Waals surface area (Å²) in [5, 5.41) is 3.37. The Labute approximate surface area is 105 Å². The van der Waals surface area contributed by atoms with E-state index in [4.69, 9.17) is 0 Å². The van der Waals surface area contributed by atoms with E-state index >= 15 is 0 Å². The Hall–Kier alpha value is -0.130. The molecule has 0 amide bonds. The predicted molar refractivity (Wildman–Crippen MR) is 69.8 cm³/mol. The van der Waals surface area contributed by atoms with Crippen molar-refractivity contribution in [3.63, 3.8) is 0 Å². The molecular formula is C12H24N2O2S. The molecule has 17 heavy (non-hydrogen) atoms. The summed E-state index contributed by atoms with van der Waals surface area (Å²) in [6.45, 7) is 8.95. The van der Waals surface area contributed by atoms with Crippen LogP contribution in [0, 0.1) is 11.8 Å². The largest absolute Gasteiger partial charge is 0.312 e. The topological polar surface area (TPSA) is 49.4 Å². The molecule has 1 N–H and O–H groups in total. The lowest BCUT2D eigenvalue weighted by molar-refractivity contribution is 0.316. The number of likely N-dealkylation sites (tertiary alicyclic amines) is 1. The third-order valence-corrected chi connectivity index (χ3v) is 5.93. The van der Waals surface area contributed by atoms with Gasteiger partial charge in [-0.3, -0.25) is 0 Å². The molecule has 100 valence electrons. The Morgan fingerprint density at radius 1 is 1.24 bits per heavy atom. The molecule has 2 saturated heterocycles. The lowest BCUT2D eigenvalue weighted by atomic mass is 10.0. The molecule has 2 heterocycles. The minimum Gasteiger partial charge on any atom is -0.312 e. The lowest BCUT2D eigenvalue weighted by Crippen LogP contribution is -2.37. The van der Waals surface area contributed by atoms with Gasteiger partial charge in [0.2, 0.25) is 0 Å². The molecule has 0 saturated carbocycles. The Morgan fingerprint density at radius 3 is 2.41 bits per heavy atom. The maximum absolute atomic E-state index is 11.3. The van der Waals surface area contributed by atoms with Crippen molar-refractivity contribution in [3.05, 3.63) is 0 Å². The van der Waals surface area contributed by atoms with E-state index in [0.29, 0.717) is 11.5 Å². The highest BCUT2D eigenvalue weighted by Gasteiger charge is 2.28. The Balaban J connectivity index is 1.64. The number of sulfone groups is 1. The smallest absolute Gasteiger partial charge is 0.151 e. The van der Waals surface area contributed by atoms with Crippen molar-refractivity contribution in [3.8, 4) is 0 Å². The van der Waals surface area contributed by atoms with Crippen LogP contribution in [0.5, 0.6) is 0 Å². The van der Waals surface area contributed by atoms with Crippen molar-refractivity contribution in [2.24, 2.45) is 11.8 Å². The third-order valence-electron chi connectivity index (χ3n) is 4.16. The Morgan fingerprint density at radius 2 is 1.88 bits per heavy atom. The van der Waals surface area contributed by atoms with Gasteiger partial charge < -0.3 is 10.2 Å². The highest BCUT2D eigenvalue weighted by atomic mass is 32.2. The second kappa shape index (κ2) is 5.24. The van der Waals surface area contributed by atoms with Gasteiger partial charge in [-0.05, 0) is 18.3 Å². The Kier molecular flexibility index (Phi) is 4.10. The van der Waals surface area contributed by atoms with Crippen LogP contribution in [-0.4, -0.2) is 57.0 Å². The van der Waals surface area contributed by atoms with Gasteiger partial charge in [0.15, 0.2) is 9.84 Å². The number of hydrogen-bond donors (Lipinski definition) is 1.